The number of carbonyl (C=O) groups excluding carboxylic acids is 1. The highest BCUT2D eigenvalue weighted by atomic mass is 32.2. The number of rotatable bonds is 4. The minimum Gasteiger partial charge on any atom is -0.506 e. The molecule has 0 atom stereocenters. The molecule has 1 aliphatic rings. The van der Waals surface area contributed by atoms with Crippen LogP contribution in [0, 0.1) is 0 Å². The summed E-state index contributed by atoms with van der Waals surface area (Å²) in [6, 6.07) is 12.4. The van der Waals surface area contributed by atoms with E-state index in [9.17, 15) is 18.3 Å². The number of anilines is 1. The molecule has 2 aromatic carbocycles. The summed E-state index contributed by atoms with van der Waals surface area (Å²) in [5, 5.41) is 12.4. The van der Waals surface area contributed by atoms with Crippen molar-refractivity contribution in [2.75, 3.05) is 18.4 Å². The van der Waals surface area contributed by atoms with Gasteiger partial charge in [-0.05, 0) is 43.2 Å². The van der Waals surface area contributed by atoms with Gasteiger partial charge in [-0.1, -0.05) is 31.0 Å². The highest BCUT2D eigenvalue weighted by Crippen LogP contribution is 2.24. The Morgan fingerprint density at radius 3 is 2.35 bits per heavy atom. The van der Waals surface area contributed by atoms with Crippen molar-refractivity contribution in [3.05, 3.63) is 54.1 Å². The molecule has 0 radical (unpaired) electrons. The Balaban J connectivity index is 1.83. The number of para-hydroxylation sites is 2. The third kappa shape index (κ3) is 4.05. The molecule has 1 amide bonds. The molecule has 3 rings (SSSR count). The fourth-order valence-corrected chi connectivity index (χ4v) is 4.57. The first kappa shape index (κ1) is 18.4. The minimum atomic E-state index is -3.62. The molecule has 0 saturated carbocycles. The van der Waals surface area contributed by atoms with Crippen molar-refractivity contribution >= 4 is 21.6 Å². The molecule has 26 heavy (non-hydrogen) atoms. The van der Waals surface area contributed by atoms with Gasteiger partial charge in [0.2, 0.25) is 10.0 Å². The van der Waals surface area contributed by atoms with Crippen molar-refractivity contribution in [3.63, 3.8) is 0 Å². The number of sulfonamides is 1. The fraction of sp³-hybridized carbons (Fsp3) is 0.316. The second kappa shape index (κ2) is 7.88. The Morgan fingerprint density at radius 1 is 0.962 bits per heavy atom. The number of phenolic OH excluding ortho intramolecular Hbond substituents is 1. The molecule has 2 aromatic rings. The van der Waals surface area contributed by atoms with Crippen molar-refractivity contribution in [2.24, 2.45) is 0 Å². The highest BCUT2D eigenvalue weighted by Gasteiger charge is 2.25. The number of aromatic hydroxyl groups is 1. The van der Waals surface area contributed by atoms with E-state index in [-0.39, 0.29) is 21.9 Å². The van der Waals surface area contributed by atoms with Gasteiger partial charge in [-0.3, -0.25) is 4.79 Å². The molecule has 0 unspecified atom stereocenters. The van der Waals surface area contributed by atoms with Crippen LogP contribution in [0.4, 0.5) is 5.69 Å². The number of phenols is 1. The standard InChI is InChI=1S/C19H22N2O4S/c22-18-11-4-3-10-17(18)20-19(23)15-8-7-9-16(14-15)26(24,25)21-12-5-1-2-6-13-21/h3-4,7-11,14,22H,1-2,5-6,12-13H2,(H,20,23). The van der Waals surface area contributed by atoms with Crippen LogP contribution in [0.1, 0.15) is 36.0 Å². The van der Waals surface area contributed by atoms with Crippen molar-refractivity contribution in [1.82, 2.24) is 4.31 Å². The van der Waals surface area contributed by atoms with Gasteiger partial charge in [0.1, 0.15) is 5.75 Å². The number of nitrogens with one attached hydrogen (secondary N) is 1. The van der Waals surface area contributed by atoms with Crippen LogP contribution >= 0.6 is 0 Å². The van der Waals surface area contributed by atoms with E-state index in [4.69, 9.17) is 0 Å². The molecule has 2 N–H and O–H groups in total. The van der Waals surface area contributed by atoms with Gasteiger partial charge in [0.15, 0.2) is 0 Å². The van der Waals surface area contributed by atoms with Gasteiger partial charge < -0.3 is 10.4 Å². The van der Waals surface area contributed by atoms with Crippen LogP contribution in [0.15, 0.2) is 53.4 Å². The van der Waals surface area contributed by atoms with Gasteiger partial charge in [0, 0.05) is 18.7 Å². The number of nitrogens with zero attached hydrogens (tertiary/aromatic N) is 1. The highest BCUT2D eigenvalue weighted by molar-refractivity contribution is 7.89. The molecule has 0 spiro atoms. The van der Waals surface area contributed by atoms with Gasteiger partial charge in [0.05, 0.1) is 10.6 Å². The van der Waals surface area contributed by atoms with Gasteiger partial charge in [-0.15, -0.1) is 0 Å². The van der Waals surface area contributed by atoms with E-state index in [1.54, 1.807) is 30.3 Å². The Bertz CT molecular complexity index is 888. The summed E-state index contributed by atoms with van der Waals surface area (Å²) < 4.78 is 27.3. The topological polar surface area (TPSA) is 86.7 Å². The zero-order valence-corrected chi connectivity index (χ0v) is 15.2. The molecule has 1 heterocycles. The maximum atomic E-state index is 12.9. The number of benzene rings is 2. The second-order valence-corrected chi connectivity index (χ2v) is 8.26. The van der Waals surface area contributed by atoms with Crippen LogP contribution in [0.5, 0.6) is 5.75 Å². The zero-order valence-electron chi connectivity index (χ0n) is 14.4. The second-order valence-electron chi connectivity index (χ2n) is 6.32. The van der Waals surface area contributed by atoms with Crippen LogP contribution in [0.2, 0.25) is 0 Å². The molecule has 138 valence electrons. The van der Waals surface area contributed by atoms with Crippen molar-refractivity contribution < 1.29 is 18.3 Å². The monoisotopic (exact) mass is 374 g/mol. The predicted molar refractivity (Wildman–Crippen MR) is 99.7 cm³/mol. The summed E-state index contributed by atoms with van der Waals surface area (Å²) in [4.78, 5) is 12.6. The zero-order chi connectivity index (χ0) is 18.6. The first-order chi connectivity index (χ1) is 12.5. The average Bonchev–Trinajstić information content (AvgIpc) is 2.94. The molecule has 1 aliphatic heterocycles. The molecule has 0 aliphatic carbocycles. The van der Waals surface area contributed by atoms with E-state index in [1.165, 1.54) is 22.5 Å². The van der Waals surface area contributed by atoms with Crippen LogP contribution in [-0.4, -0.2) is 36.8 Å². The van der Waals surface area contributed by atoms with Crippen LogP contribution in [0.25, 0.3) is 0 Å². The lowest BCUT2D eigenvalue weighted by Crippen LogP contribution is -2.32. The van der Waals surface area contributed by atoms with E-state index in [0.29, 0.717) is 13.1 Å². The normalized spacial score (nSPS) is 16.0. The molecule has 7 heteroatoms. The SMILES string of the molecule is O=C(Nc1ccccc1O)c1cccc(S(=O)(=O)N2CCCCCC2)c1. The third-order valence-corrected chi connectivity index (χ3v) is 6.35. The smallest absolute Gasteiger partial charge is 0.255 e. The van der Waals surface area contributed by atoms with E-state index in [2.05, 4.69) is 5.32 Å². The van der Waals surface area contributed by atoms with Gasteiger partial charge in [-0.25, -0.2) is 8.42 Å². The van der Waals surface area contributed by atoms with Crippen molar-refractivity contribution in [2.45, 2.75) is 30.6 Å². The maximum Gasteiger partial charge on any atom is 0.255 e. The predicted octanol–water partition coefficient (Wildman–Crippen LogP) is 3.21. The summed E-state index contributed by atoms with van der Waals surface area (Å²) in [7, 11) is -3.62. The molecular weight excluding hydrogens is 352 g/mol. The van der Waals surface area contributed by atoms with Gasteiger partial charge >= 0.3 is 0 Å². The van der Waals surface area contributed by atoms with Crippen LogP contribution in [0.3, 0.4) is 0 Å². The Hall–Kier alpha value is -2.38. The lowest BCUT2D eigenvalue weighted by atomic mass is 10.2. The Labute approximate surface area is 153 Å². The summed E-state index contributed by atoms with van der Waals surface area (Å²) in [6.07, 6.45) is 3.78. The summed E-state index contributed by atoms with van der Waals surface area (Å²) >= 11 is 0. The largest absolute Gasteiger partial charge is 0.506 e. The summed E-state index contributed by atoms with van der Waals surface area (Å²) in [6.45, 7) is 1.02. The first-order valence-electron chi connectivity index (χ1n) is 8.68. The maximum absolute atomic E-state index is 12.9. The van der Waals surface area contributed by atoms with E-state index < -0.39 is 15.9 Å². The van der Waals surface area contributed by atoms with Crippen LogP contribution < -0.4 is 5.32 Å². The number of carbonyl (C=O) groups is 1. The average molecular weight is 374 g/mol. The minimum absolute atomic E-state index is 0.0470. The quantitative estimate of drug-likeness (QED) is 0.805. The summed E-state index contributed by atoms with van der Waals surface area (Å²) in [5.74, 6) is -0.520. The van der Waals surface area contributed by atoms with E-state index in [1.807, 2.05) is 0 Å². The number of hydrogen-bond donors (Lipinski definition) is 2. The number of hydrogen-bond acceptors (Lipinski definition) is 4. The van der Waals surface area contributed by atoms with Crippen LogP contribution in [-0.2, 0) is 10.0 Å². The van der Waals surface area contributed by atoms with Crippen molar-refractivity contribution in [3.8, 4) is 5.75 Å². The van der Waals surface area contributed by atoms with Gasteiger partial charge in [0.25, 0.3) is 5.91 Å². The molecule has 1 fully saturated rings. The first-order valence-corrected chi connectivity index (χ1v) is 10.1. The summed E-state index contributed by atoms with van der Waals surface area (Å²) in [5.41, 5.74) is 0.502. The molecular formula is C19H22N2O4S. The Kier molecular flexibility index (Phi) is 5.58. The number of amides is 1. The molecule has 6 nitrogen and oxygen atoms in total. The lowest BCUT2D eigenvalue weighted by molar-refractivity contribution is 0.102. The lowest BCUT2D eigenvalue weighted by Gasteiger charge is -2.20. The molecule has 0 bridgehead atoms. The van der Waals surface area contributed by atoms with E-state index >= 15 is 0 Å². The fourth-order valence-electron chi connectivity index (χ4n) is 3.00. The van der Waals surface area contributed by atoms with Crippen molar-refractivity contribution in [1.29, 1.82) is 0 Å². The Morgan fingerprint density at radius 2 is 1.65 bits per heavy atom. The van der Waals surface area contributed by atoms with E-state index in [0.717, 1.165) is 25.7 Å². The van der Waals surface area contributed by atoms with Gasteiger partial charge in [-0.2, -0.15) is 4.31 Å². The molecule has 1 saturated heterocycles. The molecule has 0 aromatic heterocycles. The third-order valence-electron chi connectivity index (χ3n) is 4.45.